The van der Waals surface area contributed by atoms with Crippen LogP contribution in [0.3, 0.4) is 0 Å². The Bertz CT molecular complexity index is 775. The molecule has 0 fully saturated rings. The third-order valence-electron chi connectivity index (χ3n) is 3.48. The molecule has 1 aliphatic rings. The van der Waals surface area contributed by atoms with Gasteiger partial charge < -0.3 is 10.2 Å². The predicted octanol–water partition coefficient (Wildman–Crippen LogP) is 4.54. The molecule has 1 N–H and O–H groups in total. The summed E-state index contributed by atoms with van der Waals surface area (Å²) in [6.45, 7) is 2.72. The van der Waals surface area contributed by atoms with Crippen molar-refractivity contribution in [1.29, 1.82) is 0 Å². The highest BCUT2D eigenvalue weighted by molar-refractivity contribution is 6.42. The minimum absolute atomic E-state index is 0.0945. The maximum Gasteiger partial charge on any atom is 0.243 e. The van der Waals surface area contributed by atoms with E-state index in [4.69, 9.17) is 23.2 Å². The first-order valence-corrected chi connectivity index (χ1v) is 7.91. The van der Waals surface area contributed by atoms with E-state index in [-0.39, 0.29) is 12.5 Å². The normalized spacial score (nSPS) is 13.3. The summed E-state index contributed by atoms with van der Waals surface area (Å²) >= 11 is 12.2. The molecule has 0 bridgehead atoms. The molecule has 1 amide bonds. The Hall–Kier alpha value is -2.04. The first-order chi connectivity index (χ1) is 11.0. The van der Waals surface area contributed by atoms with E-state index in [2.05, 4.69) is 10.3 Å². The van der Waals surface area contributed by atoms with Crippen LogP contribution in [-0.2, 0) is 4.79 Å². The number of rotatable bonds is 3. The van der Waals surface area contributed by atoms with Gasteiger partial charge in [-0.3, -0.25) is 9.79 Å². The number of para-hydroxylation sites is 1. The number of halogens is 2. The highest BCUT2D eigenvalue weighted by Gasteiger charge is 2.21. The number of benzene rings is 2. The molecule has 0 radical (unpaired) electrons. The van der Waals surface area contributed by atoms with Gasteiger partial charge in [-0.15, -0.1) is 0 Å². The summed E-state index contributed by atoms with van der Waals surface area (Å²) in [6, 6.07) is 12.8. The standard InChI is InChI=1S/C17H15Cl2N3O/c1-11-9-22(10-17(23)21-12-5-3-2-4-6-12)16-8-14(19)13(18)7-15(16)20-11/h2-8H,9-10H2,1H3,(H,21,23). The van der Waals surface area contributed by atoms with Crippen LogP contribution in [0.4, 0.5) is 17.1 Å². The van der Waals surface area contributed by atoms with Crippen LogP contribution in [0.2, 0.25) is 10.0 Å². The summed E-state index contributed by atoms with van der Waals surface area (Å²) in [6.07, 6.45) is 0. The smallest absolute Gasteiger partial charge is 0.243 e. The number of hydrogen-bond donors (Lipinski definition) is 1. The topological polar surface area (TPSA) is 44.7 Å². The number of hydrogen-bond acceptors (Lipinski definition) is 3. The van der Waals surface area contributed by atoms with Crippen LogP contribution in [0, 0.1) is 0 Å². The molecule has 6 heteroatoms. The number of nitrogens with one attached hydrogen (secondary N) is 1. The first-order valence-electron chi connectivity index (χ1n) is 7.16. The van der Waals surface area contributed by atoms with E-state index >= 15 is 0 Å². The number of fused-ring (bicyclic) bond motifs is 1. The average molecular weight is 348 g/mol. The minimum Gasteiger partial charge on any atom is -0.355 e. The van der Waals surface area contributed by atoms with E-state index in [1.807, 2.05) is 42.2 Å². The van der Waals surface area contributed by atoms with Crippen LogP contribution in [0.25, 0.3) is 0 Å². The lowest BCUT2D eigenvalue weighted by Crippen LogP contribution is -2.38. The molecule has 4 nitrogen and oxygen atoms in total. The molecule has 118 valence electrons. The summed E-state index contributed by atoms with van der Waals surface area (Å²) in [5, 5.41) is 3.79. The molecular weight excluding hydrogens is 333 g/mol. The van der Waals surface area contributed by atoms with Crippen LogP contribution in [0.5, 0.6) is 0 Å². The van der Waals surface area contributed by atoms with Gasteiger partial charge in [0.2, 0.25) is 5.91 Å². The predicted molar refractivity (Wildman–Crippen MR) is 96.5 cm³/mol. The number of nitrogens with zero attached hydrogens (tertiary/aromatic N) is 2. The second kappa shape index (κ2) is 6.60. The van der Waals surface area contributed by atoms with Crippen LogP contribution < -0.4 is 10.2 Å². The van der Waals surface area contributed by atoms with Crippen molar-refractivity contribution in [3.05, 3.63) is 52.5 Å². The summed E-state index contributed by atoms with van der Waals surface area (Å²) in [5.41, 5.74) is 3.24. The fraction of sp³-hybridized carbons (Fsp3) is 0.176. The SMILES string of the molecule is CC1=Nc2cc(Cl)c(Cl)cc2N(CC(=O)Nc2ccccc2)C1. The average Bonchev–Trinajstić information content (AvgIpc) is 2.50. The van der Waals surface area contributed by atoms with Crippen molar-refractivity contribution < 1.29 is 4.79 Å². The molecule has 0 aromatic heterocycles. The molecule has 0 saturated carbocycles. The van der Waals surface area contributed by atoms with Crippen molar-refractivity contribution in [1.82, 2.24) is 0 Å². The molecule has 3 rings (SSSR count). The number of anilines is 2. The summed E-state index contributed by atoms with van der Waals surface area (Å²) in [7, 11) is 0. The molecule has 0 aliphatic carbocycles. The maximum absolute atomic E-state index is 12.3. The fourth-order valence-electron chi connectivity index (χ4n) is 2.51. The summed E-state index contributed by atoms with van der Waals surface area (Å²) in [5.74, 6) is -0.0945. The largest absolute Gasteiger partial charge is 0.355 e. The van der Waals surface area contributed by atoms with Crippen molar-refractivity contribution in [3.8, 4) is 0 Å². The minimum atomic E-state index is -0.0945. The highest BCUT2D eigenvalue weighted by Crippen LogP contribution is 2.38. The van der Waals surface area contributed by atoms with Gasteiger partial charge in [-0.1, -0.05) is 41.4 Å². The third kappa shape index (κ3) is 3.66. The molecule has 2 aromatic rings. The van der Waals surface area contributed by atoms with Crippen LogP contribution in [0.15, 0.2) is 47.5 Å². The van der Waals surface area contributed by atoms with Crippen molar-refractivity contribution in [3.63, 3.8) is 0 Å². The summed E-state index contributed by atoms with van der Waals surface area (Å²) in [4.78, 5) is 18.7. The monoisotopic (exact) mass is 347 g/mol. The number of aliphatic imine (C=N–C) groups is 1. The van der Waals surface area contributed by atoms with Gasteiger partial charge >= 0.3 is 0 Å². The van der Waals surface area contributed by atoms with E-state index in [1.54, 1.807) is 12.1 Å². The second-order valence-corrected chi connectivity index (χ2v) is 6.19. The molecule has 0 atom stereocenters. The molecule has 0 unspecified atom stereocenters. The zero-order chi connectivity index (χ0) is 16.4. The van der Waals surface area contributed by atoms with Crippen LogP contribution >= 0.6 is 23.2 Å². The molecule has 1 heterocycles. The van der Waals surface area contributed by atoms with Crippen molar-refractivity contribution >= 4 is 51.9 Å². The molecule has 23 heavy (non-hydrogen) atoms. The molecule has 0 saturated heterocycles. The first kappa shape index (κ1) is 15.8. The van der Waals surface area contributed by atoms with Gasteiger partial charge in [0.25, 0.3) is 0 Å². The fourth-order valence-corrected chi connectivity index (χ4v) is 2.82. The Labute approximate surface area is 144 Å². The molecule has 2 aromatic carbocycles. The van der Waals surface area contributed by atoms with Gasteiger partial charge in [-0.25, -0.2) is 0 Å². The lowest BCUT2D eigenvalue weighted by atomic mass is 10.2. The summed E-state index contributed by atoms with van der Waals surface area (Å²) < 4.78 is 0. The van der Waals surface area contributed by atoms with E-state index in [0.29, 0.717) is 16.6 Å². The van der Waals surface area contributed by atoms with Crippen molar-refractivity contribution in [2.24, 2.45) is 4.99 Å². The van der Waals surface area contributed by atoms with Gasteiger partial charge in [-0.2, -0.15) is 0 Å². The Morgan fingerprint density at radius 1 is 1.22 bits per heavy atom. The second-order valence-electron chi connectivity index (χ2n) is 5.37. The van der Waals surface area contributed by atoms with E-state index < -0.39 is 0 Å². The van der Waals surface area contributed by atoms with E-state index in [1.165, 1.54) is 0 Å². The zero-order valence-electron chi connectivity index (χ0n) is 12.5. The molecular formula is C17H15Cl2N3O. The van der Waals surface area contributed by atoms with Gasteiger partial charge in [0.05, 0.1) is 34.5 Å². The van der Waals surface area contributed by atoms with Gasteiger partial charge in [0, 0.05) is 11.4 Å². The maximum atomic E-state index is 12.3. The van der Waals surface area contributed by atoms with E-state index in [9.17, 15) is 4.79 Å². The molecule has 0 spiro atoms. The van der Waals surface area contributed by atoms with Crippen LogP contribution in [-0.4, -0.2) is 24.7 Å². The van der Waals surface area contributed by atoms with E-state index in [0.717, 1.165) is 22.8 Å². The van der Waals surface area contributed by atoms with Gasteiger partial charge in [0.15, 0.2) is 0 Å². The number of carbonyl (C=O) groups excluding carboxylic acids is 1. The van der Waals surface area contributed by atoms with Crippen LogP contribution in [0.1, 0.15) is 6.92 Å². The zero-order valence-corrected chi connectivity index (χ0v) is 14.0. The highest BCUT2D eigenvalue weighted by atomic mass is 35.5. The third-order valence-corrected chi connectivity index (χ3v) is 4.20. The quantitative estimate of drug-likeness (QED) is 0.885. The lowest BCUT2D eigenvalue weighted by Gasteiger charge is -2.29. The Kier molecular flexibility index (Phi) is 4.55. The van der Waals surface area contributed by atoms with Gasteiger partial charge in [-0.05, 0) is 31.2 Å². The number of amides is 1. The number of carbonyl (C=O) groups is 1. The van der Waals surface area contributed by atoms with Crippen molar-refractivity contribution in [2.45, 2.75) is 6.92 Å². The van der Waals surface area contributed by atoms with Gasteiger partial charge in [0.1, 0.15) is 0 Å². The van der Waals surface area contributed by atoms with Crippen molar-refractivity contribution in [2.75, 3.05) is 23.3 Å². The molecule has 1 aliphatic heterocycles. The Morgan fingerprint density at radius 3 is 2.65 bits per heavy atom. The Morgan fingerprint density at radius 2 is 1.91 bits per heavy atom. The Balaban J connectivity index is 1.80. The lowest BCUT2D eigenvalue weighted by molar-refractivity contribution is -0.114.